The van der Waals surface area contributed by atoms with Crippen molar-refractivity contribution >= 4 is 28.6 Å². The summed E-state index contributed by atoms with van der Waals surface area (Å²) in [5.41, 5.74) is -0.314. The van der Waals surface area contributed by atoms with Gasteiger partial charge in [-0.2, -0.15) is 0 Å². The van der Waals surface area contributed by atoms with Crippen LogP contribution in [0.5, 0.6) is 0 Å². The lowest BCUT2D eigenvalue weighted by atomic mass is 10.1. The quantitative estimate of drug-likeness (QED) is 0.292. The van der Waals surface area contributed by atoms with Crippen LogP contribution in [-0.4, -0.2) is 10.9 Å². The minimum Gasteiger partial charge on any atom is -0.326 e. The molecule has 0 aliphatic rings. The van der Waals surface area contributed by atoms with Crippen molar-refractivity contribution in [2.24, 2.45) is 0 Å². The van der Waals surface area contributed by atoms with Crippen molar-refractivity contribution < 1.29 is 4.79 Å². The first kappa shape index (κ1) is 14.1. The van der Waals surface area contributed by atoms with Crippen molar-refractivity contribution in [1.82, 2.24) is 5.32 Å². The van der Waals surface area contributed by atoms with Crippen LogP contribution >= 0.6 is 23.2 Å². The molecule has 0 aliphatic carbocycles. The first-order valence-electron chi connectivity index (χ1n) is 5.27. The molecule has 4 heteroatoms. The highest BCUT2D eigenvalue weighted by Gasteiger charge is 2.05. The van der Waals surface area contributed by atoms with E-state index in [9.17, 15) is 4.79 Å². The Bertz CT molecular complexity index is 153. The summed E-state index contributed by atoms with van der Waals surface area (Å²) in [7, 11) is 0. The Morgan fingerprint density at radius 2 is 1.79 bits per heavy atom. The second-order valence-corrected chi connectivity index (χ2v) is 4.31. The number of alkyl halides is 1. The summed E-state index contributed by atoms with van der Waals surface area (Å²) in [6.45, 7) is 2.20. The van der Waals surface area contributed by atoms with Crippen LogP contribution in [0.25, 0.3) is 0 Å². The lowest BCUT2D eigenvalue weighted by molar-refractivity contribution is 0.258. The molecule has 14 heavy (non-hydrogen) atoms. The van der Waals surface area contributed by atoms with Crippen LogP contribution in [0, 0.1) is 0 Å². The smallest absolute Gasteiger partial charge is 0.314 e. The first-order valence-corrected chi connectivity index (χ1v) is 6.08. The molecule has 0 aromatic rings. The van der Waals surface area contributed by atoms with Gasteiger partial charge >= 0.3 is 5.37 Å². The van der Waals surface area contributed by atoms with E-state index in [1.54, 1.807) is 0 Å². The third kappa shape index (κ3) is 10.1. The Kier molecular flexibility index (Phi) is 9.63. The molecule has 0 fully saturated rings. The Hall–Kier alpha value is 0.0500. The van der Waals surface area contributed by atoms with Gasteiger partial charge in [0.25, 0.3) is 0 Å². The number of halogens is 2. The highest BCUT2D eigenvalue weighted by Crippen LogP contribution is 2.10. The maximum atomic E-state index is 10.4. The largest absolute Gasteiger partial charge is 0.326 e. The molecule has 0 bridgehead atoms. The second kappa shape index (κ2) is 9.60. The molecule has 1 unspecified atom stereocenters. The summed E-state index contributed by atoms with van der Waals surface area (Å²) in [5, 5.41) is 1.86. The lowest BCUT2D eigenvalue weighted by Gasteiger charge is -2.08. The van der Waals surface area contributed by atoms with Crippen LogP contribution in [-0.2, 0) is 0 Å². The van der Waals surface area contributed by atoms with E-state index in [2.05, 4.69) is 12.2 Å². The van der Waals surface area contributed by atoms with Crippen molar-refractivity contribution in [3.05, 3.63) is 0 Å². The molecule has 1 amide bonds. The van der Waals surface area contributed by atoms with E-state index in [0.29, 0.717) is 0 Å². The number of carbonyl (C=O) groups is 1. The van der Waals surface area contributed by atoms with Gasteiger partial charge < -0.3 is 5.32 Å². The van der Waals surface area contributed by atoms with E-state index >= 15 is 0 Å². The highest BCUT2D eigenvalue weighted by atomic mass is 35.5. The minimum absolute atomic E-state index is 0.314. The first-order chi connectivity index (χ1) is 6.66. The molecule has 0 heterocycles. The lowest BCUT2D eigenvalue weighted by Crippen LogP contribution is -2.25. The summed E-state index contributed by atoms with van der Waals surface area (Å²) in [6, 6.07) is 0. The summed E-state index contributed by atoms with van der Waals surface area (Å²) in [4.78, 5) is 10.4. The summed E-state index contributed by atoms with van der Waals surface area (Å²) in [5.74, 6) is 0. The number of rotatable bonds is 8. The van der Waals surface area contributed by atoms with Crippen LogP contribution < -0.4 is 5.32 Å². The Balaban J connectivity index is 3.14. The number of hydrogen-bond donors (Lipinski definition) is 1. The van der Waals surface area contributed by atoms with Gasteiger partial charge in [-0.1, -0.05) is 57.0 Å². The van der Waals surface area contributed by atoms with Crippen LogP contribution in [0.15, 0.2) is 0 Å². The van der Waals surface area contributed by atoms with Gasteiger partial charge in [-0.15, -0.1) is 0 Å². The molecule has 0 aromatic heterocycles. The molecule has 1 N–H and O–H groups in total. The van der Waals surface area contributed by atoms with Crippen LogP contribution in [0.3, 0.4) is 0 Å². The molecule has 0 radical (unpaired) electrons. The fourth-order valence-electron chi connectivity index (χ4n) is 1.30. The molecule has 0 rings (SSSR count). The van der Waals surface area contributed by atoms with E-state index in [-0.39, 0.29) is 5.50 Å². The molecule has 1 atom stereocenters. The van der Waals surface area contributed by atoms with Gasteiger partial charge in [-0.05, 0) is 18.0 Å². The molecular weight excluding hydrogens is 221 g/mol. The number of nitrogens with one attached hydrogen (secondary N) is 1. The van der Waals surface area contributed by atoms with Gasteiger partial charge in [0.1, 0.15) is 5.50 Å². The summed E-state index contributed by atoms with van der Waals surface area (Å²) < 4.78 is 0. The highest BCUT2D eigenvalue weighted by molar-refractivity contribution is 6.63. The van der Waals surface area contributed by atoms with Crippen molar-refractivity contribution in [3.8, 4) is 0 Å². The van der Waals surface area contributed by atoms with Crippen molar-refractivity contribution in [1.29, 1.82) is 0 Å². The zero-order valence-electron chi connectivity index (χ0n) is 8.69. The molecule has 0 spiro atoms. The SMILES string of the molecule is CCCCCCCCC(Cl)NC(=O)Cl. The molecular formula is C10H19Cl2NO. The van der Waals surface area contributed by atoms with Crippen LogP contribution in [0.1, 0.15) is 51.9 Å². The molecule has 0 aromatic carbocycles. The van der Waals surface area contributed by atoms with E-state index in [4.69, 9.17) is 23.2 Å². The number of amides is 1. The zero-order chi connectivity index (χ0) is 10.8. The van der Waals surface area contributed by atoms with Gasteiger partial charge in [-0.25, -0.2) is 0 Å². The van der Waals surface area contributed by atoms with Crippen molar-refractivity contribution in [3.63, 3.8) is 0 Å². The van der Waals surface area contributed by atoms with E-state index in [1.807, 2.05) is 0 Å². The summed E-state index contributed by atoms with van der Waals surface area (Å²) in [6.07, 6.45) is 8.16. The molecule has 0 saturated carbocycles. The molecule has 0 saturated heterocycles. The fraction of sp³-hybridized carbons (Fsp3) is 0.900. The maximum absolute atomic E-state index is 10.4. The Morgan fingerprint density at radius 3 is 2.36 bits per heavy atom. The minimum atomic E-state index is -0.573. The van der Waals surface area contributed by atoms with Crippen molar-refractivity contribution in [2.45, 2.75) is 57.4 Å². The van der Waals surface area contributed by atoms with E-state index in [1.165, 1.54) is 32.1 Å². The average Bonchev–Trinajstić information content (AvgIpc) is 2.10. The van der Waals surface area contributed by atoms with Gasteiger partial charge in [-0.3, -0.25) is 4.79 Å². The second-order valence-electron chi connectivity index (χ2n) is 3.44. The predicted molar refractivity (Wildman–Crippen MR) is 62.0 cm³/mol. The Labute approximate surface area is 96.3 Å². The average molecular weight is 240 g/mol. The molecule has 84 valence electrons. The van der Waals surface area contributed by atoms with Gasteiger partial charge in [0.05, 0.1) is 0 Å². The van der Waals surface area contributed by atoms with Gasteiger partial charge in [0.2, 0.25) is 0 Å². The summed E-state index contributed by atoms with van der Waals surface area (Å²) >= 11 is 10.9. The zero-order valence-corrected chi connectivity index (χ0v) is 10.2. The molecule has 0 aliphatic heterocycles. The number of unbranched alkanes of at least 4 members (excludes halogenated alkanes) is 5. The normalized spacial score (nSPS) is 12.5. The topological polar surface area (TPSA) is 29.1 Å². The Morgan fingerprint density at radius 1 is 1.21 bits per heavy atom. The van der Waals surface area contributed by atoms with Crippen LogP contribution in [0.4, 0.5) is 4.79 Å². The number of carbonyl (C=O) groups excluding carboxylic acids is 1. The standard InChI is InChI=1S/C10H19Cl2NO/c1-2-3-4-5-6-7-8-9(11)13-10(12)14/h9H,2-8H2,1H3,(H,13,14). The van der Waals surface area contributed by atoms with Gasteiger partial charge in [0.15, 0.2) is 0 Å². The number of hydrogen-bond acceptors (Lipinski definition) is 1. The van der Waals surface area contributed by atoms with Crippen LogP contribution in [0.2, 0.25) is 0 Å². The van der Waals surface area contributed by atoms with Crippen molar-refractivity contribution in [2.75, 3.05) is 0 Å². The monoisotopic (exact) mass is 239 g/mol. The third-order valence-corrected chi connectivity index (χ3v) is 2.52. The predicted octanol–water partition coefficient (Wildman–Crippen LogP) is 4.25. The fourth-order valence-corrected chi connectivity index (χ4v) is 1.74. The van der Waals surface area contributed by atoms with E-state index < -0.39 is 5.37 Å². The van der Waals surface area contributed by atoms with Gasteiger partial charge in [0, 0.05) is 0 Å². The third-order valence-electron chi connectivity index (χ3n) is 2.08. The van der Waals surface area contributed by atoms with E-state index in [0.717, 1.165) is 12.8 Å². The molecule has 2 nitrogen and oxygen atoms in total. The maximum Gasteiger partial charge on any atom is 0.314 e.